The van der Waals surface area contributed by atoms with Crippen molar-refractivity contribution in [1.82, 2.24) is 4.90 Å². The Labute approximate surface area is 181 Å². The highest BCUT2D eigenvalue weighted by molar-refractivity contribution is 6.46. The molecule has 3 aromatic carbocycles. The van der Waals surface area contributed by atoms with Gasteiger partial charge in [-0.2, -0.15) is 0 Å². The molecule has 31 heavy (non-hydrogen) atoms. The molecule has 1 atom stereocenters. The minimum absolute atomic E-state index is 0.127. The Kier molecular flexibility index (Phi) is 5.87. The van der Waals surface area contributed by atoms with Crippen LogP contribution in [0.25, 0.3) is 16.5 Å². The molecule has 1 fully saturated rings. The maximum atomic E-state index is 13.1. The van der Waals surface area contributed by atoms with Gasteiger partial charge in [0.1, 0.15) is 5.76 Å². The van der Waals surface area contributed by atoms with Gasteiger partial charge in [0.2, 0.25) is 0 Å². The first-order valence-corrected chi connectivity index (χ1v) is 10.3. The van der Waals surface area contributed by atoms with E-state index in [1.54, 1.807) is 24.1 Å². The van der Waals surface area contributed by atoms with Crippen molar-refractivity contribution in [3.8, 4) is 0 Å². The molecule has 1 N–H and O–H groups in total. The third kappa shape index (κ3) is 3.84. The van der Waals surface area contributed by atoms with Crippen molar-refractivity contribution in [2.75, 3.05) is 20.3 Å². The number of rotatable bonds is 6. The largest absolute Gasteiger partial charge is 0.507 e. The third-order valence-corrected chi connectivity index (χ3v) is 5.73. The van der Waals surface area contributed by atoms with E-state index in [0.29, 0.717) is 25.1 Å². The number of ether oxygens (including phenoxy) is 1. The predicted molar refractivity (Wildman–Crippen MR) is 121 cm³/mol. The summed E-state index contributed by atoms with van der Waals surface area (Å²) in [5.74, 6) is -1.40. The van der Waals surface area contributed by atoms with Crippen LogP contribution in [0, 0.1) is 6.92 Å². The summed E-state index contributed by atoms with van der Waals surface area (Å²) in [4.78, 5) is 27.7. The summed E-state index contributed by atoms with van der Waals surface area (Å²) in [6.07, 6.45) is 0.593. The molecular formula is C26H25NO4. The topological polar surface area (TPSA) is 66.8 Å². The van der Waals surface area contributed by atoms with E-state index in [2.05, 4.69) is 0 Å². The molecule has 0 aromatic heterocycles. The monoisotopic (exact) mass is 415 g/mol. The molecule has 1 aliphatic heterocycles. The van der Waals surface area contributed by atoms with Gasteiger partial charge in [0, 0.05) is 25.8 Å². The van der Waals surface area contributed by atoms with Crippen molar-refractivity contribution in [3.63, 3.8) is 0 Å². The van der Waals surface area contributed by atoms with Crippen LogP contribution in [0.1, 0.15) is 29.2 Å². The maximum Gasteiger partial charge on any atom is 0.295 e. The average molecular weight is 415 g/mol. The number of carbonyl (C=O) groups is 2. The minimum Gasteiger partial charge on any atom is -0.507 e. The van der Waals surface area contributed by atoms with E-state index >= 15 is 0 Å². The van der Waals surface area contributed by atoms with E-state index in [1.807, 2.05) is 61.5 Å². The Morgan fingerprint density at radius 2 is 1.71 bits per heavy atom. The van der Waals surface area contributed by atoms with E-state index in [0.717, 1.165) is 21.9 Å². The van der Waals surface area contributed by atoms with Gasteiger partial charge in [-0.1, -0.05) is 72.3 Å². The Hall–Kier alpha value is -3.44. The normalized spacial score (nSPS) is 18.1. The van der Waals surface area contributed by atoms with Crippen molar-refractivity contribution in [2.45, 2.75) is 19.4 Å². The molecule has 5 heteroatoms. The van der Waals surface area contributed by atoms with Crippen LogP contribution in [0.4, 0.5) is 0 Å². The molecule has 1 amide bonds. The van der Waals surface area contributed by atoms with Crippen molar-refractivity contribution in [3.05, 3.63) is 89.0 Å². The summed E-state index contributed by atoms with van der Waals surface area (Å²) in [6.45, 7) is 2.79. The van der Waals surface area contributed by atoms with E-state index in [9.17, 15) is 14.7 Å². The molecule has 1 heterocycles. The number of methoxy groups -OCH3 is 1. The van der Waals surface area contributed by atoms with Gasteiger partial charge in [-0.05, 0) is 29.7 Å². The molecule has 0 spiro atoms. The lowest BCUT2D eigenvalue weighted by Gasteiger charge is -2.26. The van der Waals surface area contributed by atoms with Crippen LogP contribution >= 0.6 is 0 Å². The molecule has 5 nitrogen and oxygen atoms in total. The number of amides is 1. The second kappa shape index (κ2) is 8.74. The SMILES string of the molecule is COCCCN1C(=O)C(=O)C(=C(O)c2ccc(C)cc2)C1c1cccc2ccccc12. The van der Waals surface area contributed by atoms with Gasteiger partial charge >= 0.3 is 0 Å². The molecule has 4 rings (SSSR count). The zero-order valence-corrected chi connectivity index (χ0v) is 17.7. The van der Waals surface area contributed by atoms with Gasteiger partial charge in [-0.15, -0.1) is 0 Å². The summed E-state index contributed by atoms with van der Waals surface area (Å²) < 4.78 is 5.15. The number of ketones is 1. The third-order valence-electron chi connectivity index (χ3n) is 5.73. The van der Waals surface area contributed by atoms with Crippen LogP contribution in [0.3, 0.4) is 0 Å². The molecule has 0 bridgehead atoms. The van der Waals surface area contributed by atoms with Crippen molar-refractivity contribution < 1.29 is 19.4 Å². The fourth-order valence-corrected chi connectivity index (χ4v) is 4.17. The first-order valence-electron chi connectivity index (χ1n) is 10.3. The molecule has 1 aliphatic rings. The lowest BCUT2D eigenvalue weighted by Crippen LogP contribution is -2.31. The molecule has 1 saturated heterocycles. The quantitative estimate of drug-likeness (QED) is 0.276. The second-order valence-electron chi connectivity index (χ2n) is 7.77. The van der Waals surface area contributed by atoms with Crippen molar-refractivity contribution in [1.29, 1.82) is 0 Å². The smallest absolute Gasteiger partial charge is 0.295 e. The van der Waals surface area contributed by atoms with E-state index in [1.165, 1.54) is 0 Å². The summed E-state index contributed by atoms with van der Waals surface area (Å²) in [5.41, 5.74) is 2.51. The zero-order valence-electron chi connectivity index (χ0n) is 17.7. The van der Waals surface area contributed by atoms with Crippen LogP contribution in [0.15, 0.2) is 72.3 Å². The Morgan fingerprint density at radius 3 is 2.45 bits per heavy atom. The fraction of sp³-hybridized carbons (Fsp3) is 0.231. The van der Waals surface area contributed by atoms with E-state index < -0.39 is 17.7 Å². The molecule has 3 aromatic rings. The van der Waals surface area contributed by atoms with Gasteiger partial charge in [-0.25, -0.2) is 0 Å². The fourth-order valence-electron chi connectivity index (χ4n) is 4.17. The standard InChI is InChI=1S/C26H25NO4/c1-17-11-13-19(14-12-17)24(28)22-23(27(15-6-16-31-2)26(30)25(22)29)21-10-5-8-18-7-3-4-9-20(18)21/h3-5,7-14,23,28H,6,15-16H2,1-2H3. The van der Waals surface area contributed by atoms with Crippen molar-refractivity contribution in [2.24, 2.45) is 0 Å². The van der Waals surface area contributed by atoms with Crippen LogP contribution in [-0.4, -0.2) is 42.0 Å². The van der Waals surface area contributed by atoms with Crippen LogP contribution in [0.5, 0.6) is 0 Å². The van der Waals surface area contributed by atoms with Gasteiger partial charge in [0.25, 0.3) is 11.7 Å². The number of benzene rings is 3. The highest BCUT2D eigenvalue weighted by Gasteiger charge is 2.46. The number of aliphatic hydroxyl groups is 1. The number of Topliss-reactive ketones (excluding diaryl/α,β-unsaturated/α-hetero) is 1. The number of fused-ring (bicyclic) bond motifs is 1. The van der Waals surface area contributed by atoms with Crippen LogP contribution in [0.2, 0.25) is 0 Å². The molecule has 0 saturated carbocycles. The number of aryl methyl sites for hydroxylation is 1. The van der Waals surface area contributed by atoms with Gasteiger partial charge < -0.3 is 14.7 Å². The Bertz CT molecular complexity index is 1160. The summed E-state index contributed by atoms with van der Waals surface area (Å²) in [6, 6.07) is 20.3. The number of nitrogens with zero attached hydrogens (tertiary/aromatic N) is 1. The summed E-state index contributed by atoms with van der Waals surface area (Å²) in [7, 11) is 1.60. The molecule has 158 valence electrons. The number of likely N-dealkylation sites (tertiary alicyclic amines) is 1. The predicted octanol–water partition coefficient (Wildman–Crippen LogP) is 4.61. The van der Waals surface area contributed by atoms with Crippen LogP contribution < -0.4 is 0 Å². The lowest BCUT2D eigenvalue weighted by molar-refractivity contribution is -0.140. The molecule has 0 aliphatic carbocycles. The minimum atomic E-state index is -0.663. The van der Waals surface area contributed by atoms with E-state index in [-0.39, 0.29) is 11.3 Å². The average Bonchev–Trinajstić information content (AvgIpc) is 3.04. The zero-order chi connectivity index (χ0) is 22.0. The Balaban J connectivity index is 1.91. The van der Waals surface area contributed by atoms with Crippen molar-refractivity contribution >= 4 is 28.2 Å². The first-order chi connectivity index (χ1) is 15.0. The molecular weight excluding hydrogens is 390 g/mol. The summed E-state index contributed by atoms with van der Waals surface area (Å²) >= 11 is 0. The highest BCUT2D eigenvalue weighted by Crippen LogP contribution is 2.41. The van der Waals surface area contributed by atoms with Crippen LogP contribution in [-0.2, 0) is 14.3 Å². The Morgan fingerprint density at radius 1 is 1.00 bits per heavy atom. The van der Waals surface area contributed by atoms with Gasteiger partial charge in [0.15, 0.2) is 0 Å². The first kappa shape index (κ1) is 20.8. The summed E-state index contributed by atoms with van der Waals surface area (Å²) in [5, 5.41) is 13.1. The number of hydrogen-bond donors (Lipinski definition) is 1. The number of hydrogen-bond acceptors (Lipinski definition) is 4. The lowest BCUT2D eigenvalue weighted by atomic mass is 9.91. The van der Waals surface area contributed by atoms with Gasteiger partial charge in [-0.3, -0.25) is 9.59 Å². The number of carbonyl (C=O) groups excluding carboxylic acids is 2. The molecule has 1 unspecified atom stereocenters. The maximum absolute atomic E-state index is 13.1. The number of aliphatic hydroxyl groups excluding tert-OH is 1. The highest BCUT2D eigenvalue weighted by atomic mass is 16.5. The second-order valence-corrected chi connectivity index (χ2v) is 7.77. The van der Waals surface area contributed by atoms with E-state index in [4.69, 9.17) is 4.74 Å². The molecule has 0 radical (unpaired) electrons. The van der Waals surface area contributed by atoms with Gasteiger partial charge in [0.05, 0.1) is 11.6 Å².